The topological polar surface area (TPSA) is 79.3 Å². The first kappa shape index (κ1) is 30.5. The molecule has 0 unspecified atom stereocenters. The molecule has 0 saturated carbocycles. The van der Waals surface area contributed by atoms with Crippen molar-refractivity contribution in [2.75, 3.05) is 18.1 Å². The zero-order valence-electron chi connectivity index (χ0n) is 25.6. The fourth-order valence-electron chi connectivity index (χ4n) is 7.45. The molecule has 5 atom stereocenters. The summed E-state index contributed by atoms with van der Waals surface area (Å²) < 4.78 is 28.0. The van der Waals surface area contributed by atoms with E-state index in [0.29, 0.717) is 31.6 Å². The molecule has 1 fully saturated rings. The minimum absolute atomic E-state index is 0.0118. The van der Waals surface area contributed by atoms with Crippen molar-refractivity contribution >= 4 is 31.6 Å². The van der Waals surface area contributed by atoms with E-state index >= 15 is 4.11 Å². The molecular weight excluding hydrogens is 575 g/mol. The lowest BCUT2D eigenvalue weighted by molar-refractivity contribution is -0.138. The van der Waals surface area contributed by atoms with Gasteiger partial charge < -0.3 is 23.6 Å². The number of ether oxygens (including phenoxy) is 2. The Kier molecular flexibility index (Phi) is 8.63. The van der Waals surface area contributed by atoms with E-state index in [1.807, 2.05) is 72.8 Å². The Morgan fingerprint density at radius 2 is 1.77 bits per heavy atom. The Bertz CT molecular complexity index is 1530. The number of hydrogen-bond acceptors (Lipinski definition) is 5. The summed E-state index contributed by atoms with van der Waals surface area (Å²) in [5.74, 6) is 0.419. The van der Waals surface area contributed by atoms with E-state index in [9.17, 15) is 14.7 Å². The van der Waals surface area contributed by atoms with Crippen molar-refractivity contribution < 1.29 is 28.3 Å². The predicted molar refractivity (Wildman–Crippen MR) is 170 cm³/mol. The van der Waals surface area contributed by atoms with Gasteiger partial charge in [0.2, 0.25) is 14.3 Å². The molecule has 1 N–H and O–H groups in total. The Morgan fingerprint density at radius 3 is 2.55 bits per heavy atom. The molecule has 3 heterocycles. The largest absolute Gasteiger partial charge is 0.482 e. The van der Waals surface area contributed by atoms with Crippen molar-refractivity contribution in [1.29, 1.82) is 0 Å². The minimum Gasteiger partial charge on any atom is -0.482 e. The second kappa shape index (κ2) is 12.5. The minimum atomic E-state index is -3.17. The standard InChI is InChI=1S/C35H41FN2O5Si/c1-23-30(16-15-24-9-8-12-27(17-24)38-29-13-6-7-14-31(29)42-22-34(38)41)43-32(35(23)44(2,3)36)19-33(40)37-20-26-11-5-4-10-25(26)18-28(37)21-39/h4-14,17,23,28,30,32,35,39H,15-16,18-22H2,1-3H3/t23-,28+,30+,32-,35+/m1/s1. The van der Waals surface area contributed by atoms with Gasteiger partial charge in [-0.05, 0) is 79.2 Å². The molecule has 9 heteroatoms. The van der Waals surface area contributed by atoms with Crippen LogP contribution in [0.15, 0.2) is 72.8 Å². The molecule has 44 heavy (non-hydrogen) atoms. The van der Waals surface area contributed by atoms with Gasteiger partial charge in [-0.1, -0.05) is 55.5 Å². The summed E-state index contributed by atoms with van der Waals surface area (Å²) >= 11 is 0. The van der Waals surface area contributed by atoms with Crippen LogP contribution < -0.4 is 9.64 Å². The first-order valence-electron chi connectivity index (χ1n) is 15.6. The van der Waals surface area contributed by atoms with Gasteiger partial charge in [-0.2, -0.15) is 0 Å². The summed E-state index contributed by atoms with van der Waals surface area (Å²) in [7, 11) is -3.17. The maximum Gasteiger partial charge on any atom is 0.269 e. The first-order chi connectivity index (χ1) is 21.1. The number of carbonyl (C=O) groups excluding carboxylic acids is 2. The molecule has 0 bridgehead atoms. The maximum absolute atomic E-state index is 15.8. The van der Waals surface area contributed by atoms with Gasteiger partial charge in [0.15, 0.2) is 6.61 Å². The molecule has 0 aromatic heterocycles. The van der Waals surface area contributed by atoms with Crippen molar-refractivity contribution in [3.63, 3.8) is 0 Å². The number of anilines is 2. The van der Waals surface area contributed by atoms with Gasteiger partial charge >= 0.3 is 0 Å². The normalized spacial score (nSPS) is 24.9. The number of hydrogen-bond donors (Lipinski definition) is 1. The van der Waals surface area contributed by atoms with E-state index < -0.39 is 14.5 Å². The SMILES string of the molecule is C[C@H]1[C@H]([Si](C)(C)F)[C@@H](CC(=O)N2Cc3ccccc3C[C@H]2CO)O[C@H]1CCc1cccc(N2C(=O)COc3ccccc32)c1. The summed E-state index contributed by atoms with van der Waals surface area (Å²) in [4.78, 5) is 30.0. The smallest absolute Gasteiger partial charge is 0.269 e. The third-order valence-electron chi connectivity index (χ3n) is 9.55. The number of aliphatic hydroxyl groups is 1. The molecule has 3 aromatic rings. The Balaban J connectivity index is 1.15. The van der Waals surface area contributed by atoms with E-state index in [2.05, 4.69) is 6.92 Å². The lowest BCUT2D eigenvalue weighted by Gasteiger charge is -2.37. The Hall–Kier alpha value is -3.53. The summed E-state index contributed by atoms with van der Waals surface area (Å²) in [5.41, 5.74) is 4.49. The number of aryl methyl sites for hydroxylation is 1. The second-order valence-corrected chi connectivity index (χ2v) is 16.7. The summed E-state index contributed by atoms with van der Waals surface area (Å²) in [6, 6.07) is 23.2. The Morgan fingerprint density at radius 1 is 1.02 bits per heavy atom. The van der Waals surface area contributed by atoms with Crippen LogP contribution in [0.25, 0.3) is 0 Å². The average Bonchev–Trinajstić information content (AvgIpc) is 3.33. The van der Waals surface area contributed by atoms with Crippen molar-refractivity contribution in [3.8, 4) is 5.75 Å². The molecule has 0 radical (unpaired) electrons. The van der Waals surface area contributed by atoms with E-state index in [0.717, 1.165) is 28.1 Å². The molecule has 7 nitrogen and oxygen atoms in total. The van der Waals surface area contributed by atoms with Crippen LogP contribution in [0.5, 0.6) is 5.75 Å². The highest BCUT2D eigenvalue weighted by Gasteiger charge is 2.52. The van der Waals surface area contributed by atoms with Gasteiger partial charge in [0.25, 0.3) is 5.91 Å². The maximum atomic E-state index is 15.8. The van der Waals surface area contributed by atoms with Gasteiger partial charge in [0.1, 0.15) is 5.75 Å². The van der Waals surface area contributed by atoms with Crippen LogP contribution in [0.1, 0.15) is 36.5 Å². The zero-order valence-corrected chi connectivity index (χ0v) is 26.6. The molecular formula is C35H41FN2O5Si. The van der Waals surface area contributed by atoms with Crippen LogP contribution in [-0.4, -0.2) is 61.7 Å². The summed E-state index contributed by atoms with van der Waals surface area (Å²) in [6.45, 7) is 5.80. The van der Waals surface area contributed by atoms with Gasteiger partial charge in [-0.25, -0.2) is 0 Å². The van der Waals surface area contributed by atoms with E-state index in [-0.39, 0.29) is 55.1 Å². The summed E-state index contributed by atoms with van der Waals surface area (Å²) in [6.07, 6.45) is 1.40. The molecule has 232 valence electrons. The van der Waals surface area contributed by atoms with Gasteiger partial charge in [-0.3, -0.25) is 14.5 Å². The molecule has 0 spiro atoms. The van der Waals surface area contributed by atoms with Gasteiger partial charge in [0.05, 0.1) is 37.0 Å². The monoisotopic (exact) mass is 616 g/mol. The third-order valence-corrected chi connectivity index (χ3v) is 12.0. The second-order valence-electron chi connectivity index (χ2n) is 12.9. The van der Waals surface area contributed by atoms with Gasteiger partial charge in [0, 0.05) is 17.8 Å². The number of fused-ring (bicyclic) bond motifs is 2. The molecule has 2 amide bonds. The number of amides is 2. The predicted octanol–water partition coefficient (Wildman–Crippen LogP) is 5.96. The van der Waals surface area contributed by atoms with Gasteiger partial charge in [-0.15, -0.1) is 0 Å². The molecule has 3 aliphatic heterocycles. The molecule has 3 aromatic carbocycles. The van der Waals surface area contributed by atoms with Crippen molar-refractivity contribution in [3.05, 3.63) is 89.5 Å². The number of halogens is 1. The van der Waals surface area contributed by atoms with Crippen LogP contribution in [0, 0.1) is 5.92 Å². The van der Waals surface area contributed by atoms with E-state index in [1.165, 1.54) is 0 Å². The lowest BCUT2D eigenvalue weighted by atomic mass is 9.93. The third kappa shape index (κ3) is 6.05. The van der Waals surface area contributed by atoms with Crippen LogP contribution in [0.4, 0.5) is 15.5 Å². The Labute approximate surface area is 259 Å². The molecule has 3 aliphatic rings. The van der Waals surface area contributed by atoms with Crippen molar-refractivity contribution in [2.45, 2.75) is 76.0 Å². The zero-order chi connectivity index (χ0) is 31.0. The molecule has 6 rings (SSSR count). The number of aliphatic hydroxyl groups excluding tert-OH is 1. The highest BCUT2D eigenvalue weighted by atomic mass is 28.4. The fourth-order valence-corrected chi connectivity index (χ4v) is 10.00. The van der Waals surface area contributed by atoms with Crippen LogP contribution >= 0.6 is 0 Å². The fraction of sp³-hybridized carbons (Fsp3) is 0.429. The molecule has 1 saturated heterocycles. The van der Waals surface area contributed by atoms with Crippen molar-refractivity contribution in [1.82, 2.24) is 4.90 Å². The van der Waals surface area contributed by atoms with Crippen molar-refractivity contribution in [2.24, 2.45) is 5.92 Å². The van der Waals surface area contributed by atoms with Crippen LogP contribution in [0.3, 0.4) is 0 Å². The van der Waals surface area contributed by atoms with Crippen LogP contribution in [0.2, 0.25) is 18.6 Å². The number of carbonyl (C=O) groups is 2. The highest BCUT2D eigenvalue weighted by Crippen LogP contribution is 2.47. The quantitative estimate of drug-likeness (QED) is 0.250. The number of benzene rings is 3. The first-order valence-corrected chi connectivity index (χ1v) is 18.5. The highest BCUT2D eigenvalue weighted by molar-refractivity contribution is 6.72. The van der Waals surface area contributed by atoms with Crippen LogP contribution in [-0.2, 0) is 33.7 Å². The van der Waals surface area contributed by atoms with E-state index in [4.69, 9.17) is 9.47 Å². The molecule has 0 aliphatic carbocycles. The number of rotatable bonds is 8. The lowest BCUT2D eigenvalue weighted by Crippen LogP contribution is -2.48. The average molecular weight is 617 g/mol. The summed E-state index contributed by atoms with van der Waals surface area (Å²) in [5, 5.41) is 10.1. The van der Waals surface area contributed by atoms with E-state index in [1.54, 1.807) is 22.9 Å². The number of nitrogens with zero attached hydrogens (tertiary/aromatic N) is 2. The number of para-hydroxylation sites is 2.